The van der Waals surface area contributed by atoms with E-state index in [4.69, 9.17) is 0 Å². The van der Waals surface area contributed by atoms with Crippen LogP contribution in [-0.2, 0) is 22.1 Å². The third-order valence-corrected chi connectivity index (χ3v) is 4.11. The number of anilines is 1. The van der Waals surface area contributed by atoms with Crippen LogP contribution < -0.4 is 5.32 Å². The summed E-state index contributed by atoms with van der Waals surface area (Å²) in [5.74, 6) is 1.39. The second-order valence-corrected chi connectivity index (χ2v) is 7.61. The number of rotatable bonds is 5. The number of nitrogens with one attached hydrogen (secondary N) is 2. The van der Waals surface area contributed by atoms with Crippen molar-refractivity contribution in [3.8, 4) is 0 Å². The molecular formula is C15H17N5O2S. The Kier molecular flexibility index (Phi) is 3.99. The number of nitrogens with zero attached hydrogens (tertiary/aromatic N) is 3. The van der Waals surface area contributed by atoms with Crippen molar-refractivity contribution < 1.29 is 8.42 Å². The molecule has 0 aliphatic rings. The Bertz CT molecular complexity index is 949. The SMILES string of the molecule is Cc1cccc2ccc(NCc3nc(CS(C)(=O)=O)n[nH]3)nc12. The first-order valence-corrected chi connectivity index (χ1v) is 9.15. The Morgan fingerprint density at radius 3 is 2.78 bits per heavy atom. The molecule has 0 atom stereocenters. The average molecular weight is 331 g/mol. The summed E-state index contributed by atoms with van der Waals surface area (Å²) in [6.45, 7) is 2.41. The van der Waals surface area contributed by atoms with Crippen LogP contribution in [0.2, 0.25) is 0 Å². The lowest BCUT2D eigenvalue weighted by Crippen LogP contribution is -2.04. The number of hydrogen-bond donors (Lipinski definition) is 2. The molecule has 120 valence electrons. The van der Waals surface area contributed by atoms with Crippen LogP contribution >= 0.6 is 0 Å². The minimum absolute atomic E-state index is 0.170. The van der Waals surface area contributed by atoms with Crippen molar-refractivity contribution in [2.24, 2.45) is 0 Å². The van der Waals surface area contributed by atoms with Gasteiger partial charge in [0.15, 0.2) is 15.7 Å². The van der Waals surface area contributed by atoms with E-state index in [2.05, 4.69) is 25.5 Å². The second-order valence-electron chi connectivity index (χ2n) is 5.47. The topological polar surface area (TPSA) is 101 Å². The molecule has 0 spiro atoms. The molecule has 0 fully saturated rings. The van der Waals surface area contributed by atoms with Gasteiger partial charge >= 0.3 is 0 Å². The maximum Gasteiger partial charge on any atom is 0.165 e. The molecule has 8 heteroatoms. The summed E-state index contributed by atoms with van der Waals surface area (Å²) < 4.78 is 22.5. The first kappa shape index (κ1) is 15.4. The summed E-state index contributed by atoms with van der Waals surface area (Å²) in [5.41, 5.74) is 2.06. The van der Waals surface area contributed by atoms with Crippen LogP contribution in [0.1, 0.15) is 17.2 Å². The molecule has 2 N–H and O–H groups in total. The molecule has 7 nitrogen and oxygen atoms in total. The first-order chi connectivity index (χ1) is 10.9. The summed E-state index contributed by atoms with van der Waals surface area (Å²) in [5, 5.41) is 10.9. The van der Waals surface area contributed by atoms with Crippen molar-refractivity contribution in [1.82, 2.24) is 20.2 Å². The Labute approximate surface area is 134 Å². The van der Waals surface area contributed by atoms with Crippen molar-refractivity contribution in [2.45, 2.75) is 19.2 Å². The molecule has 1 aromatic carbocycles. The molecule has 23 heavy (non-hydrogen) atoms. The lowest BCUT2D eigenvalue weighted by molar-refractivity contribution is 0.599. The number of fused-ring (bicyclic) bond motifs is 1. The third kappa shape index (κ3) is 3.84. The number of para-hydroxylation sites is 1. The maximum atomic E-state index is 11.2. The van der Waals surface area contributed by atoms with E-state index in [1.807, 2.05) is 37.3 Å². The van der Waals surface area contributed by atoms with Gasteiger partial charge in [0, 0.05) is 11.6 Å². The van der Waals surface area contributed by atoms with Crippen LogP contribution in [0, 0.1) is 6.92 Å². The van der Waals surface area contributed by atoms with E-state index in [0.717, 1.165) is 28.5 Å². The molecule has 2 heterocycles. The lowest BCUT2D eigenvalue weighted by atomic mass is 10.1. The summed E-state index contributed by atoms with van der Waals surface area (Å²) in [6, 6.07) is 9.95. The van der Waals surface area contributed by atoms with E-state index in [-0.39, 0.29) is 11.6 Å². The van der Waals surface area contributed by atoms with Gasteiger partial charge in [-0.2, -0.15) is 5.10 Å². The minimum atomic E-state index is -3.14. The number of H-pyrrole nitrogens is 1. The minimum Gasteiger partial charge on any atom is -0.363 e. The zero-order chi connectivity index (χ0) is 16.4. The van der Waals surface area contributed by atoms with Crippen molar-refractivity contribution in [1.29, 1.82) is 0 Å². The van der Waals surface area contributed by atoms with E-state index in [1.54, 1.807) is 0 Å². The zero-order valence-corrected chi connectivity index (χ0v) is 13.7. The fourth-order valence-corrected chi connectivity index (χ4v) is 2.88. The van der Waals surface area contributed by atoms with E-state index >= 15 is 0 Å². The van der Waals surface area contributed by atoms with E-state index in [9.17, 15) is 8.42 Å². The Morgan fingerprint density at radius 1 is 1.17 bits per heavy atom. The van der Waals surface area contributed by atoms with Crippen LogP contribution in [0.3, 0.4) is 0 Å². The number of aromatic amines is 1. The van der Waals surface area contributed by atoms with Crippen LogP contribution in [-0.4, -0.2) is 34.8 Å². The van der Waals surface area contributed by atoms with Gasteiger partial charge in [0.05, 0.1) is 12.1 Å². The number of hydrogen-bond acceptors (Lipinski definition) is 6. The highest BCUT2D eigenvalue weighted by Crippen LogP contribution is 2.18. The summed E-state index contributed by atoms with van der Waals surface area (Å²) in [7, 11) is -3.14. The van der Waals surface area contributed by atoms with Gasteiger partial charge in [-0.1, -0.05) is 18.2 Å². The molecule has 0 saturated carbocycles. The first-order valence-electron chi connectivity index (χ1n) is 7.09. The molecule has 0 aliphatic heterocycles. The molecular weight excluding hydrogens is 314 g/mol. The third-order valence-electron chi connectivity index (χ3n) is 3.33. The summed E-state index contributed by atoms with van der Waals surface area (Å²) in [6.07, 6.45) is 1.16. The number of sulfone groups is 1. The van der Waals surface area contributed by atoms with Crippen LogP contribution in [0.25, 0.3) is 10.9 Å². The standard InChI is InChI=1S/C15H17N5O2S/c1-10-4-3-5-11-6-7-12(18-15(10)11)16-8-13-17-14(20-19-13)9-23(2,21)22/h3-7H,8-9H2,1-2H3,(H,16,18)(H,17,19,20). The maximum absolute atomic E-state index is 11.2. The van der Waals surface area contributed by atoms with Gasteiger partial charge in [0.1, 0.15) is 17.4 Å². The Morgan fingerprint density at radius 2 is 2.00 bits per heavy atom. The number of aryl methyl sites for hydroxylation is 1. The van der Waals surface area contributed by atoms with Crippen molar-refractivity contribution >= 4 is 26.6 Å². The second kappa shape index (κ2) is 5.96. The van der Waals surface area contributed by atoms with E-state index in [1.165, 1.54) is 0 Å². The molecule has 3 rings (SSSR count). The summed E-state index contributed by atoms with van der Waals surface area (Å²) in [4.78, 5) is 8.74. The van der Waals surface area contributed by atoms with Crippen molar-refractivity contribution in [3.05, 3.63) is 47.5 Å². The lowest BCUT2D eigenvalue weighted by Gasteiger charge is -2.06. The predicted octanol–water partition coefficient (Wildman–Crippen LogP) is 1.82. The van der Waals surface area contributed by atoms with Gasteiger partial charge in [-0.05, 0) is 24.6 Å². The molecule has 0 radical (unpaired) electrons. The normalized spacial score (nSPS) is 11.7. The molecule has 0 amide bonds. The zero-order valence-electron chi connectivity index (χ0n) is 12.9. The Balaban J connectivity index is 1.72. The summed E-state index contributed by atoms with van der Waals surface area (Å²) >= 11 is 0. The Hall–Kier alpha value is -2.48. The highest BCUT2D eigenvalue weighted by Gasteiger charge is 2.10. The van der Waals surface area contributed by atoms with Gasteiger partial charge in [-0.25, -0.2) is 18.4 Å². The molecule has 0 unspecified atom stereocenters. The van der Waals surface area contributed by atoms with E-state index < -0.39 is 9.84 Å². The predicted molar refractivity (Wildman–Crippen MR) is 88.7 cm³/mol. The number of aromatic nitrogens is 4. The quantitative estimate of drug-likeness (QED) is 0.739. The molecule has 2 aromatic heterocycles. The largest absolute Gasteiger partial charge is 0.363 e. The van der Waals surface area contributed by atoms with Gasteiger partial charge in [0.2, 0.25) is 0 Å². The van der Waals surface area contributed by atoms with Crippen LogP contribution in [0.5, 0.6) is 0 Å². The van der Waals surface area contributed by atoms with Gasteiger partial charge in [-0.15, -0.1) is 0 Å². The molecule has 0 bridgehead atoms. The molecule has 0 aliphatic carbocycles. The van der Waals surface area contributed by atoms with E-state index in [0.29, 0.717) is 12.4 Å². The highest BCUT2D eigenvalue weighted by molar-refractivity contribution is 7.89. The van der Waals surface area contributed by atoms with Crippen LogP contribution in [0.4, 0.5) is 5.82 Å². The molecule has 0 saturated heterocycles. The smallest absolute Gasteiger partial charge is 0.165 e. The molecule has 3 aromatic rings. The monoisotopic (exact) mass is 331 g/mol. The fraction of sp³-hybridized carbons (Fsp3) is 0.267. The number of pyridine rings is 1. The van der Waals surface area contributed by atoms with Crippen molar-refractivity contribution in [3.63, 3.8) is 0 Å². The number of benzene rings is 1. The van der Waals surface area contributed by atoms with Gasteiger partial charge in [-0.3, -0.25) is 5.10 Å². The van der Waals surface area contributed by atoms with Crippen LogP contribution in [0.15, 0.2) is 30.3 Å². The van der Waals surface area contributed by atoms with Gasteiger partial charge in [0.25, 0.3) is 0 Å². The fourth-order valence-electron chi connectivity index (χ4n) is 2.28. The highest BCUT2D eigenvalue weighted by atomic mass is 32.2. The van der Waals surface area contributed by atoms with Crippen molar-refractivity contribution in [2.75, 3.05) is 11.6 Å². The average Bonchev–Trinajstić information content (AvgIpc) is 2.91. The van der Waals surface area contributed by atoms with Gasteiger partial charge < -0.3 is 5.32 Å².